The van der Waals surface area contributed by atoms with E-state index in [9.17, 15) is 18.4 Å². The van der Waals surface area contributed by atoms with Gasteiger partial charge in [-0.1, -0.05) is 11.6 Å². The van der Waals surface area contributed by atoms with Gasteiger partial charge in [0.2, 0.25) is 0 Å². The lowest BCUT2D eigenvalue weighted by molar-refractivity contribution is -0.143. The molecule has 0 radical (unpaired) electrons. The van der Waals surface area contributed by atoms with Crippen molar-refractivity contribution in [2.75, 3.05) is 26.2 Å². The summed E-state index contributed by atoms with van der Waals surface area (Å²) in [4.78, 5) is 26.7. The molecule has 2 amide bonds. The number of amides is 2. The monoisotopic (exact) mass is 404 g/mol. The molecular weight excluding hydrogens is 382 g/mol. The maximum Gasteiger partial charge on any atom is 0.410 e. The second kappa shape index (κ2) is 8.73. The van der Waals surface area contributed by atoms with Gasteiger partial charge in [-0.3, -0.25) is 4.79 Å². The van der Waals surface area contributed by atoms with Gasteiger partial charge in [0, 0.05) is 18.1 Å². The molecule has 0 saturated carbocycles. The Labute approximate surface area is 162 Å². The largest absolute Gasteiger partial charge is 0.484 e. The van der Waals surface area contributed by atoms with Crippen LogP contribution in [0.1, 0.15) is 20.8 Å². The summed E-state index contributed by atoms with van der Waals surface area (Å²) in [7, 11) is 0. The lowest BCUT2D eigenvalue weighted by Crippen LogP contribution is -2.60. The molecule has 1 aliphatic rings. The van der Waals surface area contributed by atoms with E-state index in [0.29, 0.717) is 10.8 Å². The first-order valence-electron chi connectivity index (χ1n) is 8.51. The van der Waals surface area contributed by atoms with Crippen LogP contribution in [0.15, 0.2) is 24.3 Å². The highest BCUT2D eigenvalue weighted by molar-refractivity contribution is 6.30. The lowest BCUT2D eigenvalue weighted by Gasteiger charge is -2.41. The molecule has 1 aromatic rings. The molecule has 2 rings (SSSR count). The molecule has 1 heterocycles. The highest BCUT2D eigenvalue weighted by atomic mass is 35.5. The molecule has 0 N–H and O–H groups in total. The zero-order valence-electron chi connectivity index (χ0n) is 15.5. The number of nitrogens with zero attached hydrogens (tertiary/aromatic N) is 2. The van der Waals surface area contributed by atoms with Crippen molar-refractivity contribution in [1.29, 1.82) is 0 Å². The van der Waals surface area contributed by atoms with Crippen LogP contribution in [0, 0.1) is 0 Å². The lowest BCUT2D eigenvalue weighted by atomic mass is 10.1. The Morgan fingerprint density at radius 2 is 1.85 bits per heavy atom. The number of hydrogen-bond donors (Lipinski definition) is 0. The smallest absolute Gasteiger partial charge is 0.410 e. The van der Waals surface area contributed by atoms with Crippen molar-refractivity contribution in [2.24, 2.45) is 0 Å². The molecule has 0 bridgehead atoms. The summed E-state index contributed by atoms with van der Waals surface area (Å²) in [5.74, 6) is -0.159. The minimum Gasteiger partial charge on any atom is -0.484 e. The molecule has 0 spiro atoms. The summed E-state index contributed by atoms with van der Waals surface area (Å²) in [6.45, 7) is 4.52. The molecule has 9 heteroatoms. The maximum absolute atomic E-state index is 13.5. The first kappa shape index (κ1) is 21.2. The number of hydrogen-bond acceptors (Lipinski definition) is 4. The Morgan fingerprint density at radius 3 is 2.41 bits per heavy atom. The molecule has 150 valence electrons. The van der Waals surface area contributed by atoms with E-state index in [-0.39, 0.29) is 26.2 Å². The summed E-state index contributed by atoms with van der Waals surface area (Å²) >= 11 is 5.77. The number of carbonyl (C=O) groups excluding carboxylic acids is 2. The van der Waals surface area contributed by atoms with Crippen molar-refractivity contribution in [3.63, 3.8) is 0 Å². The van der Waals surface area contributed by atoms with Crippen LogP contribution in [0.2, 0.25) is 5.02 Å². The summed E-state index contributed by atoms with van der Waals surface area (Å²) in [6.07, 6.45) is -3.47. The number of piperazine rings is 1. The van der Waals surface area contributed by atoms with Crippen LogP contribution in [0.4, 0.5) is 13.6 Å². The summed E-state index contributed by atoms with van der Waals surface area (Å²) in [5, 5.41) is 0.518. The highest BCUT2D eigenvalue weighted by Crippen LogP contribution is 2.20. The van der Waals surface area contributed by atoms with Crippen LogP contribution in [0.25, 0.3) is 0 Å². The average Bonchev–Trinajstić information content (AvgIpc) is 2.59. The number of carbonyl (C=O) groups is 2. The molecule has 27 heavy (non-hydrogen) atoms. The van der Waals surface area contributed by atoms with Gasteiger partial charge in [-0.25, -0.2) is 13.6 Å². The SMILES string of the molecule is CC(C)(C)OC(=O)N1CCN(C(=O)COc2ccc(Cl)cc2)C(C(F)F)C1. The molecule has 1 fully saturated rings. The first-order chi connectivity index (χ1) is 12.6. The standard InChI is InChI=1S/C18H23ClF2N2O4/c1-18(2,3)27-17(25)22-8-9-23(14(10-22)16(20)21)15(24)11-26-13-6-4-12(19)5-7-13/h4-7,14,16H,8-11H2,1-3H3. The zero-order chi connectivity index (χ0) is 20.2. The van der Waals surface area contributed by atoms with Crippen LogP contribution in [-0.4, -0.2) is 66.1 Å². The van der Waals surface area contributed by atoms with E-state index in [2.05, 4.69) is 0 Å². The van der Waals surface area contributed by atoms with Crippen LogP contribution in [0.3, 0.4) is 0 Å². The molecule has 1 aromatic carbocycles. The Morgan fingerprint density at radius 1 is 1.22 bits per heavy atom. The molecule has 6 nitrogen and oxygen atoms in total. The molecule has 0 aromatic heterocycles. The third-order valence-electron chi connectivity index (χ3n) is 3.86. The Kier molecular flexibility index (Phi) is 6.86. The van der Waals surface area contributed by atoms with Crippen molar-refractivity contribution in [2.45, 2.75) is 38.8 Å². The van der Waals surface area contributed by atoms with Crippen LogP contribution in [-0.2, 0) is 9.53 Å². The minimum atomic E-state index is -2.80. The van der Waals surface area contributed by atoms with Gasteiger partial charge in [-0.2, -0.15) is 0 Å². The molecule has 1 saturated heterocycles. The number of benzene rings is 1. The summed E-state index contributed by atoms with van der Waals surface area (Å²) in [6, 6.07) is 4.96. The predicted molar refractivity (Wildman–Crippen MR) is 96.3 cm³/mol. The predicted octanol–water partition coefficient (Wildman–Crippen LogP) is 3.43. The second-order valence-electron chi connectivity index (χ2n) is 7.16. The maximum atomic E-state index is 13.5. The fourth-order valence-corrected chi connectivity index (χ4v) is 2.71. The molecule has 0 aliphatic carbocycles. The fourth-order valence-electron chi connectivity index (χ4n) is 2.59. The van der Waals surface area contributed by atoms with Gasteiger partial charge in [0.1, 0.15) is 17.4 Å². The van der Waals surface area contributed by atoms with E-state index < -0.39 is 30.1 Å². The van der Waals surface area contributed by atoms with Gasteiger partial charge < -0.3 is 19.3 Å². The third kappa shape index (κ3) is 6.23. The Balaban J connectivity index is 1.97. The van der Waals surface area contributed by atoms with Crippen LogP contribution >= 0.6 is 11.6 Å². The second-order valence-corrected chi connectivity index (χ2v) is 7.59. The zero-order valence-corrected chi connectivity index (χ0v) is 16.2. The van der Waals surface area contributed by atoms with E-state index in [0.717, 1.165) is 4.90 Å². The Hall–Kier alpha value is -2.09. The molecule has 1 unspecified atom stereocenters. The third-order valence-corrected chi connectivity index (χ3v) is 4.11. The van der Waals surface area contributed by atoms with Crippen molar-refractivity contribution < 1.29 is 27.8 Å². The van der Waals surface area contributed by atoms with Gasteiger partial charge in [-0.15, -0.1) is 0 Å². The van der Waals surface area contributed by atoms with Crippen LogP contribution in [0.5, 0.6) is 5.75 Å². The van der Waals surface area contributed by atoms with Crippen molar-refractivity contribution >= 4 is 23.6 Å². The summed E-state index contributed by atoms with van der Waals surface area (Å²) in [5.41, 5.74) is -0.725. The Bertz CT molecular complexity index is 664. The topological polar surface area (TPSA) is 59.1 Å². The molecular formula is C18H23ClF2N2O4. The molecule has 1 atom stereocenters. The van der Waals surface area contributed by atoms with E-state index in [1.54, 1.807) is 45.0 Å². The number of ether oxygens (including phenoxy) is 2. The minimum absolute atomic E-state index is 0.0168. The first-order valence-corrected chi connectivity index (χ1v) is 8.88. The number of alkyl halides is 2. The van der Waals surface area contributed by atoms with Crippen molar-refractivity contribution in [3.05, 3.63) is 29.3 Å². The van der Waals surface area contributed by atoms with Gasteiger partial charge in [-0.05, 0) is 45.0 Å². The van der Waals surface area contributed by atoms with Crippen molar-refractivity contribution in [1.82, 2.24) is 9.80 Å². The highest BCUT2D eigenvalue weighted by Gasteiger charge is 2.39. The van der Waals surface area contributed by atoms with Gasteiger partial charge >= 0.3 is 6.09 Å². The number of halogens is 3. The fraction of sp³-hybridized carbons (Fsp3) is 0.556. The van der Waals surface area contributed by atoms with E-state index >= 15 is 0 Å². The van der Waals surface area contributed by atoms with Gasteiger partial charge in [0.05, 0.1) is 6.54 Å². The summed E-state index contributed by atoms with van der Waals surface area (Å²) < 4.78 is 37.5. The van der Waals surface area contributed by atoms with E-state index in [1.165, 1.54) is 4.90 Å². The van der Waals surface area contributed by atoms with Crippen LogP contribution < -0.4 is 4.74 Å². The van der Waals surface area contributed by atoms with E-state index in [4.69, 9.17) is 21.1 Å². The van der Waals surface area contributed by atoms with Gasteiger partial charge in [0.15, 0.2) is 6.61 Å². The molecule has 1 aliphatic heterocycles. The van der Waals surface area contributed by atoms with E-state index in [1.807, 2.05) is 0 Å². The average molecular weight is 405 g/mol. The number of rotatable bonds is 4. The van der Waals surface area contributed by atoms with Crippen molar-refractivity contribution in [3.8, 4) is 5.75 Å². The normalized spacial score (nSPS) is 17.8. The van der Waals surface area contributed by atoms with Gasteiger partial charge in [0.25, 0.3) is 12.3 Å². The quantitative estimate of drug-likeness (QED) is 0.771.